The molecular weight excluding hydrogens is 291 g/mol. The summed E-state index contributed by atoms with van der Waals surface area (Å²) in [5.74, 6) is 0. The molecule has 0 bridgehead atoms. The zero-order valence-corrected chi connectivity index (χ0v) is 10.6. The summed E-state index contributed by atoms with van der Waals surface area (Å²) in [6, 6.07) is 6.72. The monoisotopic (exact) mass is 298 g/mol. The lowest BCUT2D eigenvalue weighted by Crippen LogP contribution is -2.19. The second kappa shape index (κ2) is 4.80. The molecule has 2 aromatic heterocycles. The van der Waals surface area contributed by atoms with Crippen LogP contribution in [-0.4, -0.2) is 9.55 Å². The second-order valence-corrected chi connectivity index (χ2v) is 4.59. The van der Waals surface area contributed by atoms with Crippen LogP contribution in [0.1, 0.15) is 5.56 Å². The summed E-state index contributed by atoms with van der Waals surface area (Å²) in [6.45, 7) is 0.422. The van der Waals surface area contributed by atoms with E-state index in [1.807, 2.05) is 6.07 Å². The maximum absolute atomic E-state index is 11.6. The lowest BCUT2D eigenvalue weighted by atomic mass is 10.3. The second-order valence-electron chi connectivity index (χ2n) is 3.28. The minimum atomic E-state index is -0.118. The van der Waals surface area contributed by atoms with E-state index >= 15 is 0 Å². The lowest BCUT2D eigenvalue weighted by molar-refractivity contribution is 0.757. The van der Waals surface area contributed by atoms with Gasteiger partial charge in [-0.2, -0.15) is 0 Å². The predicted molar refractivity (Wildman–Crippen MR) is 66.8 cm³/mol. The van der Waals surface area contributed by atoms with Gasteiger partial charge in [-0.05, 0) is 33.6 Å². The Hall–Kier alpha value is -1.13. The molecule has 82 valence electrons. The minimum Gasteiger partial charge on any atom is -0.295 e. The number of nitrogens with zero attached hydrogens (tertiary/aromatic N) is 2. The zero-order chi connectivity index (χ0) is 11.5. The molecule has 2 aromatic rings. The van der Waals surface area contributed by atoms with E-state index in [9.17, 15) is 4.79 Å². The normalized spacial score (nSPS) is 10.4. The van der Waals surface area contributed by atoms with Gasteiger partial charge in [-0.3, -0.25) is 14.3 Å². The number of hydrogen-bond acceptors (Lipinski definition) is 2. The van der Waals surface area contributed by atoms with E-state index in [-0.39, 0.29) is 5.56 Å². The molecule has 0 aliphatic carbocycles. The molecule has 0 atom stereocenters. The molecule has 0 aromatic carbocycles. The highest BCUT2D eigenvalue weighted by Gasteiger charge is 2.02. The van der Waals surface area contributed by atoms with E-state index in [0.717, 1.165) is 10.0 Å². The van der Waals surface area contributed by atoms with Gasteiger partial charge in [0.15, 0.2) is 0 Å². The summed E-state index contributed by atoms with van der Waals surface area (Å²) in [4.78, 5) is 15.6. The highest BCUT2D eigenvalue weighted by molar-refractivity contribution is 9.10. The smallest absolute Gasteiger partial charge is 0.251 e. The van der Waals surface area contributed by atoms with Crippen LogP contribution in [-0.2, 0) is 6.54 Å². The minimum absolute atomic E-state index is 0.118. The lowest BCUT2D eigenvalue weighted by Gasteiger charge is -2.07. The fourth-order valence-electron chi connectivity index (χ4n) is 1.37. The fourth-order valence-corrected chi connectivity index (χ4v) is 2.00. The molecule has 16 heavy (non-hydrogen) atoms. The number of halogens is 2. The maximum Gasteiger partial charge on any atom is 0.251 e. The van der Waals surface area contributed by atoms with Crippen molar-refractivity contribution >= 4 is 27.5 Å². The van der Waals surface area contributed by atoms with Crippen molar-refractivity contribution in [2.75, 3.05) is 0 Å². The summed E-state index contributed by atoms with van der Waals surface area (Å²) in [5, 5.41) is 0.424. The van der Waals surface area contributed by atoms with Crippen molar-refractivity contribution < 1.29 is 0 Å². The van der Waals surface area contributed by atoms with Crippen LogP contribution in [0.25, 0.3) is 0 Å². The van der Waals surface area contributed by atoms with Crippen LogP contribution >= 0.6 is 27.5 Å². The van der Waals surface area contributed by atoms with Crippen LogP contribution in [0, 0.1) is 0 Å². The number of rotatable bonds is 2. The molecule has 0 aliphatic heterocycles. The third kappa shape index (κ3) is 2.51. The first-order valence-electron chi connectivity index (χ1n) is 4.61. The van der Waals surface area contributed by atoms with Crippen molar-refractivity contribution in [1.29, 1.82) is 0 Å². The average molecular weight is 300 g/mol. The molecule has 0 N–H and O–H groups in total. The van der Waals surface area contributed by atoms with Gasteiger partial charge in [-0.25, -0.2) is 0 Å². The Morgan fingerprint density at radius 1 is 1.38 bits per heavy atom. The van der Waals surface area contributed by atoms with Gasteiger partial charge in [0.25, 0.3) is 5.56 Å². The van der Waals surface area contributed by atoms with Gasteiger partial charge in [-0.1, -0.05) is 17.7 Å². The Kier molecular flexibility index (Phi) is 3.41. The SMILES string of the molecule is O=c1cccc(Cl)n1Cc1cncc(Br)c1. The van der Waals surface area contributed by atoms with E-state index in [1.165, 1.54) is 10.6 Å². The topological polar surface area (TPSA) is 34.9 Å². The van der Waals surface area contributed by atoms with Crippen LogP contribution in [0.4, 0.5) is 0 Å². The standard InChI is InChI=1S/C11H8BrClN2O/c12-9-4-8(5-14-6-9)7-15-10(13)2-1-3-11(15)16/h1-6H,7H2. The van der Waals surface area contributed by atoms with E-state index in [2.05, 4.69) is 20.9 Å². The number of aromatic nitrogens is 2. The first-order chi connectivity index (χ1) is 7.66. The van der Waals surface area contributed by atoms with Gasteiger partial charge in [0.1, 0.15) is 5.15 Å². The third-order valence-corrected chi connectivity index (χ3v) is 2.86. The molecule has 0 saturated heterocycles. The molecule has 0 amide bonds. The number of hydrogen-bond donors (Lipinski definition) is 0. The van der Waals surface area contributed by atoms with Gasteiger partial charge in [-0.15, -0.1) is 0 Å². The van der Waals surface area contributed by atoms with Crippen molar-refractivity contribution in [2.24, 2.45) is 0 Å². The Balaban J connectivity index is 2.38. The molecule has 3 nitrogen and oxygen atoms in total. The van der Waals surface area contributed by atoms with Gasteiger partial charge < -0.3 is 0 Å². The Bertz CT molecular complexity index is 568. The molecule has 0 fully saturated rings. The maximum atomic E-state index is 11.6. The van der Waals surface area contributed by atoms with Crippen LogP contribution in [0.3, 0.4) is 0 Å². The Morgan fingerprint density at radius 3 is 2.88 bits per heavy atom. The van der Waals surface area contributed by atoms with Gasteiger partial charge in [0.05, 0.1) is 6.54 Å². The van der Waals surface area contributed by atoms with Gasteiger partial charge in [0, 0.05) is 22.9 Å². The van der Waals surface area contributed by atoms with Crippen LogP contribution in [0.15, 0.2) is 45.9 Å². The molecule has 2 rings (SSSR count). The first-order valence-corrected chi connectivity index (χ1v) is 5.79. The Labute approximate surface area is 106 Å². The molecule has 0 saturated carbocycles. The van der Waals surface area contributed by atoms with Gasteiger partial charge >= 0.3 is 0 Å². The zero-order valence-electron chi connectivity index (χ0n) is 8.23. The van der Waals surface area contributed by atoms with E-state index in [1.54, 1.807) is 24.5 Å². The quantitative estimate of drug-likeness (QED) is 0.799. The van der Waals surface area contributed by atoms with Crippen molar-refractivity contribution in [3.8, 4) is 0 Å². The number of pyridine rings is 2. The highest BCUT2D eigenvalue weighted by atomic mass is 79.9. The van der Waals surface area contributed by atoms with E-state index in [4.69, 9.17) is 11.6 Å². The largest absolute Gasteiger partial charge is 0.295 e. The third-order valence-electron chi connectivity index (χ3n) is 2.10. The first kappa shape index (κ1) is 11.4. The average Bonchev–Trinajstić information content (AvgIpc) is 2.24. The summed E-state index contributed by atoms with van der Waals surface area (Å²) in [5.41, 5.74) is 0.803. The molecular formula is C11H8BrClN2O. The van der Waals surface area contributed by atoms with Crippen molar-refractivity contribution in [3.05, 3.63) is 62.2 Å². The predicted octanol–water partition coefficient (Wildman–Crippen LogP) is 2.71. The van der Waals surface area contributed by atoms with Crippen molar-refractivity contribution in [3.63, 3.8) is 0 Å². The van der Waals surface area contributed by atoms with E-state index in [0.29, 0.717) is 11.7 Å². The fraction of sp³-hybridized carbons (Fsp3) is 0.0909. The Morgan fingerprint density at radius 2 is 2.19 bits per heavy atom. The van der Waals surface area contributed by atoms with Crippen LogP contribution in [0.5, 0.6) is 0 Å². The van der Waals surface area contributed by atoms with Crippen molar-refractivity contribution in [2.45, 2.75) is 6.54 Å². The molecule has 0 aliphatic rings. The summed E-state index contributed by atoms with van der Waals surface area (Å²) >= 11 is 9.28. The highest BCUT2D eigenvalue weighted by Crippen LogP contribution is 2.12. The molecule has 2 heterocycles. The van der Waals surface area contributed by atoms with Crippen molar-refractivity contribution in [1.82, 2.24) is 9.55 Å². The van der Waals surface area contributed by atoms with Crippen LogP contribution in [0.2, 0.25) is 5.15 Å². The van der Waals surface area contributed by atoms with Crippen LogP contribution < -0.4 is 5.56 Å². The molecule has 0 radical (unpaired) electrons. The summed E-state index contributed by atoms with van der Waals surface area (Å²) < 4.78 is 2.37. The molecule has 0 spiro atoms. The summed E-state index contributed by atoms with van der Waals surface area (Å²) in [6.07, 6.45) is 3.40. The molecule has 5 heteroatoms. The summed E-state index contributed by atoms with van der Waals surface area (Å²) in [7, 11) is 0. The van der Waals surface area contributed by atoms with Gasteiger partial charge in [0.2, 0.25) is 0 Å². The molecule has 0 unspecified atom stereocenters. The van der Waals surface area contributed by atoms with E-state index < -0.39 is 0 Å².